The van der Waals surface area contributed by atoms with Crippen LogP contribution in [0.4, 0.5) is 11.4 Å². The fourth-order valence-corrected chi connectivity index (χ4v) is 6.53. The standard InChI is InChI=1S/C35H38Cl2N8O4/c1-3-25(2)45-34(46)44(24-40-45)29-7-5-27(6-8-29)41-14-16-42(17-15-41)28-9-11-30(12-10-28)47-19-31-20-48-35(49-31,21-43-23-38-22-39-43)32-13-4-26(36)18-33(32)37/h4-13,18,22-25,31H,3,14-17,19-21H2,1-2H3/t25?,31-,35-/m1/s1/i4D,13D,18D. The molecule has 14 heteroatoms. The van der Waals surface area contributed by atoms with Crippen LogP contribution in [0.15, 0.2) is 90.4 Å². The Morgan fingerprint density at radius 2 is 1.65 bits per heavy atom. The van der Waals surface area contributed by atoms with Crippen molar-refractivity contribution in [1.82, 2.24) is 29.1 Å². The van der Waals surface area contributed by atoms with Gasteiger partial charge < -0.3 is 24.0 Å². The van der Waals surface area contributed by atoms with Gasteiger partial charge in [0, 0.05) is 48.1 Å². The number of benzene rings is 3. The highest BCUT2D eigenvalue weighted by molar-refractivity contribution is 6.35. The maximum atomic E-state index is 12.8. The largest absolute Gasteiger partial charge is 0.491 e. The molecule has 5 aromatic rings. The van der Waals surface area contributed by atoms with Crippen molar-refractivity contribution in [2.45, 2.75) is 44.7 Å². The molecule has 2 aliphatic rings. The first-order valence-corrected chi connectivity index (χ1v) is 16.9. The fourth-order valence-electron chi connectivity index (χ4n) is 6.05. The number of halogens is 2. The Morgan fingerprint density at radius 1 is 0.980 bits per heavy atom. The fraction of sp³-hybridized carbons (Fsp3) is 0.371. The van der Waals surface area contributed by atoms with Gasteiger partial charge in [0.05, 0.1) is 27.5 Å². The summed E-state index contributed by atoms with van der Waals surface area (Å²) in [6, 6.07) is 15.1. The van der Waals surface area contributed by atoms with Crippen LogP contribution in [0, 0.1) is 0 Å². The molecule has 2 aliphatic heterocycles. The number of rotatable bonds is 11. The Kier molecular flexibility index (Phi) is 8.59. The summed E-state index contributed by atoms with van der Waals surface area (Å²) < 4.78 is 48.4. The van der Waals surface area contributed by atoms with Gasteiger partial charge in [-0.2, -0.15) is 10.2 Å². The lowest BCUT2D eigenvalue weighted by Gasteiger charge is -2.37. The smallest absolute Gasteiger partial charge is 0.350 e. The second kappa shape index (κ2) is 14.2. The first kappa shape index (κ1) is 29.5. The van der Waals surface area contributed by atoms with E-state index in [-0.39, 0.29) is 65.2 Å². The summed E-state index contributed by atoms with van der Waals surface area (Å²) in [5.74, 6) is -0.960. The number of anilines is 2. The Labute approximate surface area is 298 Å². The summed E-state index contributed by atoms with van der Waals surface area (Å²) in [6.45, 7) is 7.64. The zero-order valence-corrected chi connectivity index (χ0v) is 28.6. The molecule has 0 spiro atoms. The van der Waals surface area contributed by atoms with Crippen molar-refractivity contribution in [3.63, 3.8) is 0 Å². The predicted octanol–water partition coefficient (Wildman–Crippen LogP) is 5.58. The minimum absolute atomic E-state index is 0.0187. The molecule has 4 heterocycles. The lowest BCUT2D eigenvalue weighted by Crippen LogP contribution is -2.46. The summed E-state index contributed by atoms with van der Waals surface area (Å²) in [6.07, 6.45) is 4.70. The maximum Gasteiger partial charge on any atom is 0.350 e. The van der Waals surface area contributed by atoms with Crippen LogP contribution < -0.4 is 20.2 Å². The molecular formula is C35H38Cl2N8O4. The molecule has 0 bridgehead atoms. The Balaban J connectivity index is 0.953. The molecule has 3 aromatic carbocycles. The lowest BCUT2D eigenvalue weighted by molar-refractivity contribution is -0.190. The third kappa shape index (κ3) is 7.04. The topological polar surface area (TPSA) is 105 Å². The minimum atomic E-state index is -1.61. The molecule has 49 heavy (non-hydrogen) atoms. The molecule has 2 saturated heterocycles. The average molecular weight is 709 g/mol. The van der Waals surface area contributed by atoms with Crippen molar-refractivity contribution in [2.24, 2.45) is 0 Å². The minimum Gasteiger partial charge on any atom is -0.491 e. The SMILES string of the molecule is [2H]c1c([2H])c([C@]2(Cn3cncn3)OC[C@@H](COc3ccc(N4CCN(c5ccc(-n6cnn(C(C)CC)c6=O)cc5)CC4)cc3)O2)c(Cl)c([2H])c1Cl. The molecule has 3 atom stereocenters. The van der Waals surface area contributed by atoms with Crippen molar-refractivity contribution >= 4 is 34.6 Å². The molecule has 0 radical (unpaired) electrons. The van der Waals surface area contributed by atoms with E-state index in [1.165, 1.54) is 22.0 Å². The molecule has 2 aromatic heterocycles. The van der Waals surface area contributed by atoms with E-state index in [1.54, 1.807) is 10.9 Å². The zero-order chi connectivity index (χ0) is 36.6. The number of hydrogen-bond acceptors (Lipinski definition) is 9. The van der Waals surface area contributed by atoms with E-state index in [1.807, 2.05) is 50.2 Å². The predicted molar refractivity (Wildman–Crippen MR) is 188 cm³/mol. The second-order valence-electron chi connectivity index (χ2n) is 12.1. The maximum absolute atomic E-state index is 12.8. The van der Waals surface area contributed by atoms with E-state index in [2.05, 4.69) is 37.1 Å². The van der Waals surface area contributed by atoms with E-state index < -0.39 is 11.9 Å². The van der Waals surface area contributed by atoms with Crippen LogP contribution in [0.2, 0.25) is 10.0 Å². The number of piperazine rings is 1. The lowest BCUT2D eigenvalue weighted by atomic mass is 10.1. The normalized spacial score (nSPS) is 21.0. The van der Waals surface area contributed by atoms with Crippen LogP contribution in [0.3, 0.4) is 0 Å². The third-order valence-corrected chi connectivity index (χ3v) is 9.40. The first-order valence-electron chi connectivity index (χ1n) is 17.7. The van der Waals surface area contributed by atoms with Crippen LogP contribution >= 0.6 is 23.2 Å². The molecule has 0 saturated carbocycles. The number of aromatic nitrogens is 6. The molecule has 7 rings (SSSR count). The molecule has 2 fully saturated rings. The van der Waals surface area contributed by atoms with Crippen molar-refractivity contribution in [3.8, 4) is 11.4 Å². The van der Waals surface area contributed by atoms with Gasteiger partial charge in [-0.3, -0.25) is 0 Å². The van der Waals surface area contributed by atoms with Gasteiger partial charge in [0.15, 0.2) is 0 Å². The zero-order valence-electron chi connectivity index (χ0n) is 30.1. The van der Waals surface area contributed by atoms with Gasteiger partial charge in [-0.25, -0.2) is 23.7 Å². The van der Waals surface area contributed by atoms with E-state index in [9.17, 15) is 4.79 Å². The van der Waals surface area contributed by atoms with E-state index in [4.69, 9.17) is 41.5 Å². The quantitative estimate of drug-likeness (QED) is 0.174. The highest BCUT2D eigenvalue weighted by Gasteiger charge is 2.45. The van der Waals surface area contributed by atoms with Gasteiger partial charge in [0.2, 0.25) is 5.79 Å². The monoisotopic (exact) mass is 707 g/mol. The molecule has 12 nitrogen and oxygen atoms in total. The number of ether oxygens (including phenoxy) is 3. The van der Waals surface area contributed by atoms with Crippen molar-refractivity contribution < 1.29 is 18.3 Å². The van der Waals surface area contributed by atoms with E-state index >= 15 is 0 Å². The van der Waals surface area contributed by atoms with Crippen molar-refractivity contribution in [3.05, 3.63) is 112 Å². The van der Waals surface area contributed by atoms with Crippen LogP contribution in [-0.2, 0) is 21.8 Å². The highest BCUT2D eigenvalue weighted by Crippen LogP contribution is 2.40. The molecule has 0 aliphatic carbocycles. The average Bonchev–Trinajstić information content (AvgIpc) is 3.93. The summed E-state index contributed by atoms with van der Waals surface area (Å²) >= 11 is 12.6. The molecule has 0 N–H and O–H groups in total. The Hall–Kier alpha value is -4.36. The Morgan fingerprint density at radius 3 is 2.31 bits per heavy atom. The summed E-state index contributed by atoms with van der Waals surface area (Å²) in [5.41, 5.74) is 2.89. The van der Waals surface area contributed by atoms with Gasteiger partial charge >= 0.3 is 5.69 Å². The van der Waals surface area contributed by atoms with Crippen LogP contribution in [0.1, 0.15) is 36.0 Å². The second-order valence-corrected chi connectivity index (χ2v) is 12.8. The summed E-state index contributed by atoms with van der Waals surface area (Å²) in [5, 5.41) is 8.10. The van der Waals surface area contributed by atoms with Gasteiger partial charge in [-0.15, -0.1) is 0 Å². The van der Waals surface area contributed by atoms with Crippen LogP contribution in [0.25, 0.3) is 5.69 Å². The highest BCUT2D eigenvalue weighted by atomic mass is 35.5. The first-order chi connectivity index (χ1) is 25.1. The van der Waals surface area contributed by atoms with E-state index in [0.717, 1.165) is 49.7 Å². The Bertz CT molecular complexity index is 2040. The van der Waals surface area contributed by atoms with Crippen molar-refractivity contribution in [2.75, 3.05) is 49.2 Å². The molecule has 1 unspecified atom stereocenters. The van der Waals surface area contributed by atoms with E-state index in [0.29, 0.717) is 5.75 Å². The molecule has 256 valence electrons. The van der Waals surface area contributed by atoms with Gasteiger partial charge in [0.1, 0.15) is 44.0 Å². The van der Waals surface area contributed by atoms with Gasteiger partial charge in [-0.05, 0) is 74.0 Å². The molecular weight excluding hydrogens is 667 g/mol. The third-order valence-electron chi connectivity index (χ3n) is 8.93. The van der Waals surface area contributed by atoms with Gasteiger partial charge in [0.25, 0.3) is 0 Å². The summed E-state index contributed by atoms with van der Waals surface area (Å²) in [4.78, 5) is 21.5. The molecule has 0 amide bonds. The number of hydrogen-bond donors (Lipinski definition) is 0. The summed E-state index contributed by atoms with van der Waals surface area (Å²) in [7, 11) is 0. The van der Waals surface area contributed by atoms with Crippen LogP contribution in [0.5, 0.6) is 5.75 Å². The number of nitrogens with zero attached hydrogens (tertiary/aromatic N) is 8. The van der Waals surface area contributed by atoms with Crippen molar-refractivity contribution in [1.29, 1.82) is 0 Å². The van der Waals surface area contributed by atoms with Crippen LogP contribution in [-0.4, -0.2) is 74.6 Å². The van der Waals surface area contributed by atoms with Gasteiger partial charge in [-0.1, -0.05) is 36.2 Å².